The predicted octanol–water partition coefficient (Wildman–Crippen LogP) is 2.50. The predicted molar refractivity (Wildman–Crippen MR) is 112 cm³/mol. The van der Waals surface area contributed by atoms with E-state index in [0.717, 1.165) is 37.3 Å². The molecule has 0 aromatic heterocycles. The molecule has 0 saturated heterocycles. The van der Waals surface area contributed by atoms with Crippen LogP contribution in [0.25, 0.3) is 0 Å². The molecular formula is C18H31IN4O. The van der Waals surface area contributed by atoms with Gasteiger partial charge in [-0.15, -0.1) is 24.0 Å². The van der Waals surface area contributed by atoms with E-state index >= 15 is 0 Å². The molecule has 6 heteroatoms. The number of halogens is 1. The topological polar surface area (TPSA) is 48.9 Å². The molecule has 0 amide bonds. The Morgan fingerprint density at radius 2 is 2.04 bits per heavy atom. The Hall–Kier alpha value is -1.02. The third-order valence-corrected chi connectivity index (χ3v) is 4.49. The minimum Gasteiger partial charge on any atom is -0.496 e. The van der Waals surface area contributed by atoms with E-state index in [0.29, 0.717) is 6.04 Å². The minimum atomic E-state index is 0. The van der Waals surface area contributed by atoms with Gasteiger partial charge in [0.2, 0.25) is 0 Å². The van der Waals surface area contributed by atoms with Crippen molar-refractivity contribution in [3.8, 4) is 5.75 Å². The summed E-state index contributed by atoms with van der Waals surface area (Å²) in [7, 11) is 5.74. The molecule has 0 radical (unpaired) electrons. The molecule has 136 valence electrons. The van der Waals surface area contributed by atoms with Crippen LogP contribution in [0.15, 0.2) is 29.3 Å². The lowest BCUT2D eigenvalue weighted by atomic mass is 10.1. The lowest BCUT2D eigenvalue weighted by Crippen LogP contribution is -2.45. The van der Waals surface area contributed by atoms with E-state index in [1.54, 1.807) is 7.11 Å². The number of guanidine groups is 1. The lowest BCUT2D eigenvalue weighted by Gasteiger charge is -2.25. The van der Waals surface area contributed by atoms with Crippen LogP contribution in [0.5, 0.6) is 5.75 Å². The maximum absolute atomic E-state index is 5.38. The fourth-order valence-electron chi connectivity index (χ4n) is 2.68. The first-order valence-corrected chi connectivity index (χ1v) is 8.44. The average molecular weight is 446 g/mol. The van der Waals surface area contributed by atoms with E-state index in [2.05, 4.69) is 40.6 Å². The third-order valence-electron chi connectivity index (χ3n) is 4.49. The Bertz CT molecular complexity index is 519. The monoisotopic (exact) mass is 446 g/mol. The van der Waals surface area contributed by atoms with Crippen LogP contribution in [0, 0.1) is 0 Å². The Morgan fingerprint density at radius 3 is 2.67 bits per heavy atom. The molecule has 0 spiro atoms. The summed E-state index contributed by atoms with van der Waals surface area (Å²) in [5.41, 5.74) is 1.21. The van der Waals surface area contributed by atoms with E-state index in [1.807, 2.05) is 25.2 Å². The summed E-state index contributed by atoms with van der Waals surface area (Å²) in [4.78, 5) is 6.75. The molecule has 2 rings (SSSR count). The van der Waals surface area contributed by atoms with E-state index in [1.165, 1.54) is 18.4 Å². The number of hydrogen-bond acceptors (Lipinski definition) is 3. The number of ether oxygens (including phenoxy) is 1. The molecule has 0 aliphatic heterocycles. The van der Waals surface area contributed by atoms with Crippen molar-refractivity contribution in [3.63, 3.8) is 0 Å². The van der Waals surface area contributed by atoms with Gasteiger partial charge < -0.3 is 15.4 Å². The van der Waals surface area contributed by atoms with Gasteiger partial charge >= 0.3 is 0 Å². The van der Waals surface area contributed by atoms with E-state index in [9.17, 15) is 0 Å². The molecular weight excluding hydrogens is 415 g/mol. The van der Waals surface area contributed by atoms with Gasteiger partial charge in [-0.3, -0.25) is 9.89 Å². The van der Waals surface area contributed by atoms with Crippen LogP contribution < -0.4 is 15.4 Å². The Morgan fingerprint density at radius 1 is 1.33 bits per heavy atom. The number of aliphatic imine (C=N–C) groups is 1. The number of methoxy groups -OCH3 is 1. The summed E-state index contributed by atoms with van der Waals surface area (Å²) in [5.74, 6) is 1.80. The highest BCUT2D eigenvalue weighted by molar-refractivity contribution is 14.0. The van der Waals surface area contributed by atoms with Crippen molar-refractivity contribution in [2.45, 2.75) is 38.3 Å². The van der Waals surface area contributed by atoms with E-state index in [-0.39, 0.29) is 24.0 Å². The standard InChI is InChI=1S/C18H30N4O.HI/c1-14(22(3)16-9-10-16)13-21-18(19-2)20-12-11-15-7-5-6-8-17(15)23-4;/h5-8,14,16H,9-13H2,1-4H3,(H2,19,20,21);1H. The number of nitrogens with zero attached hydrogens (tertiary/aromatic N) is 2. The zero-order valence-corrected chi connectivity index (χ0v) is 17.5. The first-order chi connectivity index (χ1) is 11.2. The highest BCUT2D eigenvalue weighted by Gasteiger charge is 2.28. The average Bonchev–Trinajstić information content (AvgIpc) is 3.42. The first-order valence-electron chi connectivity index (χ1n) is 8.44. The summed E-state index contributed by atoms with van der Waals surface area (Å²) < 4.78 is 5.38. The van der Waals surface area contributed by atoms with Crippen molar-refractivity contribution < 1.29 is 4.74 Å². The summed E-state index contributed by atoms with van der Waals surface area (Å²) in [6, 6.07) is 9.43. The van der Waals surface area contributed by atoms with Crippen LogP contribution in [0.4, 0.5) is 0 Å². The second kappa shape index (κ2) is 10.8. The SMILES string of the molecule is CN=C(NCCc1ccccc1OC)NCC(C)N(C)C1CC1.I. The summed E-state index contributed by atoms with van der Waals surface area (Å²) in [5, 5.41) is 6.79. The van der Waals surface area contributed by atoms with Crippen molar-refractivity contribution >= 4 is 29.9 Å². The zero-order valence-electron chi connectivity index (χ0n) is 15.2. The van der Waals surface area contributed by atoms with Crippen molar-refractivity contribution in [1.29, 1.82) is 0 Å². The molecule has 0 bridgehead atoms. The van der Waals surface area contributed by atoms with E-state index < -0.39 is 0 Å². The zero-order chi connectivity index (χ0) is 16.7. The van der Waals surface area contributed by atoms with Gasteiger partial charge in [0.1, 0.15) is 5.75 Å². The van der Waals surface area contributed by atoms with Gasteiger partial charge in [-0.05, 0) is 44.9 Å². The molecule has 24 heavy (non-hydrogen) atoms. The Labute approximate surface area is 163 Å². The number of para-hydroxylation sites is 1. The van der Waals surface area contributed by atoms with Crippen LogP contribution in [-0.2, 0) is 6.42 Å². The maximum Gasteiger partial charge on any atom is 0.191 e. The van der Waals surface area contributed by atoms with Crippen LogP contribution in [0.1, 0.15) is 25.3 Å². The fraction of sp³-hybridized carbons (Fsp3) is 0.611. The van der Waals surface area contributed by atoms with Gasteiger partial charge in [0.05, 0.1) is 7.11 Å². The first kappa shape index (κ1) is 21.0. The molecule has 1 saturated carbocycles. The van der Waals surface area contributed by atoms with Crippen molar-refractivity contribution in [2.24, 2.45) is 4.99 Å². The smallest absolute Gasteiger partial charge is 0.191 e. The molecule has 2 N–H and O–H groups in total. The normalized spacial score (nSPS) is 15.6. The van der Waals surface area contributed by atoms with Gasteiger partial charge in [-0.2, -0.15) is 0 Å². The van der Waals surface area contributed by atoms with Gasteiger partial charge in [0.15, 0.2) is 5.96 Å². The molecule has 1 aromatic rings. The van der Waals surface area contributed by atoms with Crippen molar-refractivity contribution in [3.05, 3.63) is 29.8 Å². The molecule has 1 aliphatic carbocycles. The summed E-state index contributed by atoms with van der Waals surface area (Å²) in [6.07, 6.45) is 3.59. The molecule has 5 nitrogen and oxygen atoms in total. The number of rotatable bonds is 8. The van der Waals surface area contributed by atoms with Gasteiger partial charge in [-0.25, -0.2) is 0 Å². The van der Waals surface area contributed by atoms with Gasteiger partial charge in [0, 0.05) is 32.2 Å². The van der Waals surface area contributed by atoms with Crippen molar-refractivity contribution in [2.75, 3.05) is 34.3 Å². The highest BCUT2D eigenvalue weighted by atomic mass is 127. The molecule has 1 aliphatic rings. The van der Waals surface area contributed by atoms with Crippen LogP contribution in [0.3, 0.4) is 0 Å². The fourth-order valence-corrected chi connectivity index (χ4v) is 2.68. The van der Waals surface area contributed by atoms with Crippen molar-refractivity contribution in [1.82, 2.24) is 15.5 Å². The van der Waals surface area contributed by atoms with Crippen LogP contribution >= 0.6 is 24.0 Å². The molecule has 1 aromatic carbocycles. The number of benzene rings is 1. The summed E-state index contributed by atoms with van der Waals surface area (Å²) in [6.45, 7) is 3.99. The second-order valence-electron chi connectivity index (χ2n) is 6.19. The highest BCUT2D eigenvalue weighted by Crippen LogP contribution is 2.26. The van der Waals surface area contributed by atoms with Crippen LogP contribution in [-0.4, -0.2) is 57.2 Å². The minimum absolute atomic E-state index is 0. The number of hydrogen-bond donors (Lipinski definition) is 2. The Balaban J connectivity index is 0.00000288. The maximum atomic E-state index is 5.38. The van der Waals surface area contributed by atoms with Gasteiger partial charge in [-0.1, -0.05) is 18.2 Å². The quantitative estimate of drug-likeness (QED) is 0.366. The van der Waals surface area contributed by atoms with E-state index in [4.69, 9.17) is 4.74 Å². The second-order valence-corrected chi connectivity index (χ2v) is 6.19. The lowest BCUT2D eigenvalue weighted by molar-refractivity contribution is 0.247. The third kappa shape index (κ3) is 6.47. The Kier molecular flexibility index (Phi) is 9.43. The molecule has 1 atom stereocenters. The number of nitrogens with one attached hydrogen (secondary N) is 2. The molecule has 0 heterocycles. The van der Waals surface area contributed by atoms with Gasteiger partial charge in [0.25, 0.3) is 0 Å². The summed E-state index contributed by atoms with van der Waals surface area (Å²) >= 11 is 0. The van der Waals surface area contributed by atoms with Crippen LogP contribution in [0.2, 0.25) is 0 Å². The molecule has 1 unspecified atom stereocenters. The number of likely N-dealkylation sites (N-methyl/N-ethyl adjacent to an activating group) is 1. The molecule has 1 fully saturated rings. The largest absolute Gasteiger partial charge is 0.496 e.